The molecule has 1 fully saturated rings. The van der Waals surface area contributed by atoms with Gasteiger partial charge in [-0.25, -0.2) is 4.68 Å². The summed E-state index contributed by atoms with van der Waals surface area (Å²) >= 11 is 1.50. The van der Waals surface area contributed by atoms with Crippen molar-refractivity contribution < 1.29 is 4.79 Å². The highest BCUT2D eigenvalue weighted by Gasteiger charge is 2.21. The van der Waals surface area contributed by atoms with Crippen LogP contribution in [-0.2, 0) is 7.05 Å². The molecule has 1 aliphatic rings. The molecule has 3 heterocycles. The first-order valence-corrected chi connectivity index (χ1v) is 7.63. The molecule has 0 bridgehead atoms. The van der Waals surface area contributed by atoms with E-state index in [0.29, 0.717) is 17.4 Å². The number of carbonyl (C=O) groups excluding carboxylic acids is 1. The third-order valence-corrected chi connectivity index (χ3v) is 4.18. The number of aromatic nitrogens is 3. The summed E-state index contributed by atoms with van der Waals surface area (Å²) in [6, 6.07) is 1.80. The minimum absolute atomic E-state index is 0.140. The summed E-state index contributed by atoms with van der Waals surface area (Å²) in [5, 5.41) is 14.3. The number of anilines is 1. The predicted molar refractivity (Wildman–Crippen MR) is 78.1 cm³/mol. The molecule has 7 heteroatoms. The second kappa shape index (κ2) is 5.72. The summed E-state index contributed by atoms with van der Waals surface area (Å²) in [6.45, 7) is 2.00. The van der Waals surface area contributed by atoms with Gasteiger partial charge in [-0.15, -0.1) is 0 Å². The second-order valence-electron chi connectivity index (χ2n) is 4.91. The number of thiophene rings is 1. The highest BCUT2D eigenvalue weighted by Crippen LogP contribution is 2.23. The predicted octanol–water partition coefficient (Wildman–Crippen LogP) is 1.60. The first kappa shape index (κ1) is 13.3. The number of nitrogens with zero attached hydrogens (tertiary/aromatic N) is 3. The lowest BCUT2D eigenvalue weighted by Gasteiger charge is -2.19. The van der Waals surface area contributed by atoms with E-state index < -0.39 is 0 Å². The van der Waals surface area contributed by atoms with E-state index in [1.807, 2.05) is 10.8 Å². The van der Waals surface area contributed by atoms with Crippen LogP contribution in [0.4, 0.5) is 5.95 Å². The van der Waals surface area contributed by atoms with Crippen LogP contribution in [0.3, 0.4) is 0 Å². The van der Waals surface area contributed by atoms with Crippen molar-refractivity contribution in [1.29, 1.82) is 0 Å². The lowest BCUT2D eigenvalue weighted by atomic mass is 9.98. The Morgan fingerprint density at radius 2 is 2.30 bits per heavy atom. The molecule has 2 aromatic rings. The van der Waals surface area contributed by atoms with Crippen LogP contribution in [0.25, 0.3) is 0 Å². The highest BCUT2D eigenvalue weighted by molar-refractivity contribution is 7.08. The molecule has 3 rings (SSSR count). The van der Waals surface area contributed by atoms with Gasteiger partial charge in [0.25, 0.3) is 5.91 Å². The Morgan fingerprint density at radius 1 is 1.50 bits per heavy atom. The van der Waals surface area contributed by atoms with E-state index in [1.165, 1.54) is 11.3 Å². The Balaban J connectivity index is 1.73. The van der Waals surface area contributed by atoms with Gasteiger partial charge >= 0.3 is 0 Å². The minimum atomic E-state index is -0.140. The number of rotatable bonds is 3. The first-order chi connectivity index (χ1) is 9.74. The molecule has 0 spiro atoms. The summed E-state index contributed by atoms with van der Waals surface area (Å²) in [5.74, 6) is 1.58. The number of hydrogen-bond donors (Lipinski definition) is 2. The SMILES string of the molecule is Cn1nc(C2CCNCC2)nc1NC(=O)c1ccsc1. The zero-order chi connectivity index (χ0) is 13.9. The smallest absolute Gasteiger partial charge is 0.258 e. The van der Waals surface area contributed by atoms with Gasteiger partial charge in [0, 0.05) is 18.3 Å². The normalized spacial score (nSPS) is 16.2. The molecule has 20 heavy (non-hydrogen) atoms. The van der Waals surface area contributed by atoms with Gasteiger partial charge in [-0.3, -0.25) is 10.1 Å². The summed E-state index contributed by atoms with van der Waals surface area (Å²) in [4.78, 5) is 16.5. The summed E-state index contributed by atoms with van der Waals surface area (Å²) in [6.07, 6.45) is 2.09. The number of nitrogens with one attached hydrogen (secondary N) is 2. The highest BCUT2D eigenvalue weighted by atomic mass is 32.1. The molecular formula is C13H17N5OS. The maximum absolute atomic E-state index is 12.0. The lowest BCUT2D eigenvalue weighted by molar-refractivity contribution is 0.102. The lowest BCUT2D eigenvalue weighted by Crippen LogP contribution is -2.27. The molecule has 1 saturated heterocycles. The molecule has 0 radical (unpaired) electrons. The third kappa shape index (κ3) is 2.73. The van der Waals surface area contributed by atoms with Crippen molar-refractivity contribution in [3.8, 4) is 0 Å². The molecular weight excluding hydrogens is 274 g/mol. The molecule has 1 amide bonds. The van der Waals surface area contributed by atoms with Crippen LogP contribution in [-0.4, -0.2) is 33.8 Å². The maximum atomic E-state index is 12.0. The van der Waals surface area contributed by atoms with Crippen LogP contribution in [0.5, 0.6) is 0 Å². The molecule has 0 atom stereocenters. The molecule has 1 aliphatic heterocycles. The fraction of sp³-hybridized carbons (Fsp3) is 0.462. The molecule has 106 valence electrons. The van der Waals surface area contributed by atoms with Gasteiger partial charge in [0.05, 0.1) is 5.56 Å². The number of carbonyl (C=O) groups is 1. The molecule has 2 aromatic heterocycles. The number of hydrogen-bond acceptors (Lipinski definition) is 5. The molecule has 2 N–H and O–H groups in total. The first-order valence-electron chi connectivity index (χ1n) is 6.69. The maximum Gasteiger partial charge on any atom is 0.258 e. The van der Waals surface area contributed by atoms with Crippen LogP contribution in [0.2, 0.25) is 0 Å². The zero-order valence-corrected chi connectivity index (χ0v) is 12.1. The molecule has 0 unspecified atom stereocenters. The van der Waals surface area contributed by atoms with E-state index >= 15 is 0 Å². The van der Waals surface area contributed by atoms with E-state index in [-0.39, 0.29) is 5.91 Å². The van der Waals surface area contributed by atoms with Gasteiger partial charge in [-0.2, -0.15) is 21.4 Å². The molecule has 0 saturated carbocycles. The largest absolute Gasteiger partial charge is 0.317 e. The van der Waals surface area contributed by atoms with Crippen molar-refractivity contribution in [3.05, 3.63) is 28.2 Å². The average Bonchev–Trinajstić information content (AvgIpc) is 3.10. The van der Waals surface area contributed by atoms with Crippen molar-refractivity contribution in [1.82, 2.24) is 20.1 Å². The van der Waals surface area contributed by atoms with E-state index in [4.69, 9.17) is 0 Å². The van der Waals surface area contributed by atoms with Crippen LogP contribution < -0.4 is 10.6 Å². The number of aryl methyl sites for hydroxylation is 1. The van der Waals surface area contributed by atoms with Crippen molar-refractivity contribution in [2.45, 2.75) is 18.8 Å². The topological polar surface area (TPSA) is 71.8 Å². The van der Waals surface area contributed by atoms with E-state index in [1.54, 1.807) is 17.8 Å². The summed E-state index contributed by atoms with van der Waals surface area (Å²) in [5.41, 5.74) is 0.654. The Morgan fingerprint density at radius 3 is 3.00 bits per heavy atom. The van der Waals surface area contributed by atoms with Gasteiger partial charge in [-0.05, 0) is 37.4 Å². The van der Waals surface area contributed by atoms with Crippen LogP contribution >= 0.6 is 11.3 Å². The quantitative estimate of drug-likeness (QED) is 0.901. The van der Waals surface area contributed by atoms with E-state index in [2.05, 4.69) is 20.7 Å². The van der Waals surface area contributed by atoms with Crippen molar-refractivity contribution in [3.63, 3.8) is 0 Å². The summed E-state index contributed by atoms with van der Waals surface area (Å²) < 4.78 is 1.64. The fourth-order valence-corrected chi connectivity index (χ4v) is 2.97. The number of piperidine rings is 1. The van der Waals surface area contributed by atoms with Crippen LogP contribution in [0.1, 0.15) is 34.9 Å². The average molecular weight is 291 g/mol. The van der Waals surface area contributed by atoms with Gasteiger partial charge in [0.1, 0.15) is 0 Å². The Hall–Kier alpha value is -1.73. The van der Waals surface area contributed by atoms with E-state index in [0.717, 1.165) is 31.8 Å². The fourth-order valence-electron chi connectivity index (χ4n) is 2.33. The van der Waals surface area contributed by atoms with E-state index in [9.17, 15) is 4.79 Å². The minimum Gasteiger partial charge on any atom is -0.317 e. The Labute approximate surface area is 121 Å². The van der Waals surface area contributed by atoms with Gasteiger partial charge in [0.15, 0.2) is 5.82 Å². The zero-order valence-electron chi connectivity index (χ0n) is 11.3. The molecule has 6 nitrogen and oxygen atoms in total. The molecule has 0 aliphatic carbocycles. The van der Waals surface area contributed by atoms with Crippen LogP contribution in [0, 0.1) is 0 Å². The number of amides is 1. The summed E-state index contributed by atoms with van der Waals surface area (Å²) in [7, 11) is 1.81. The van der Waals surface area contributed by atoms with Crippen LogP contribution in [0.15, 0.2) is 16.8 Å². The third-order valence-electron chi connectivity index (χ3n) is 3.49. The monoisotopic (exact) mass is 291 g/mol. The van der Waals surface area contributed by atoms with Crippen molar-refractivity contribution in [2.24, 2.45) is 7.05 Å². The Bertz CT molecular complexity index is 586. The van der Waals surface area contributed by atoms with Gasteiger partial charge in [-0.1, -0.05) is 0 Å². The van der Waals surface area contributed by atoms with Crippen molar-refractivity contribution >= 4 is 23.2 Å². The van der Waals surface area contributed by atoms with Crippen molar-refractivity contribution in [2.75, 3.05) is 18.4 Å². The van der Waals surface area contributed by atoms with Gasteiger partial charge in [0.2, 0.25) is 5.95 Å². The molecule has 0 aromatic carbocycles. The van der Waals surface area contributed by atoms with Gasteiger partial charge < -0.3 is 5.32 Å². The Kier molecular flexibility index (Phi) is 3.79. The standard InChI is InChI=1S/C13H17N5OS/c1-18-13(16-12(19)10-4-7-20-8-10)15-11(17-18)9-2-5-14-6-3-9/h4,7-9,14H,2-3,5-6H2,1H3,(H,15,16,17,19). The second-order valence-corrected chi connectivity index (χ2v) is 5.69.